The van der Waals surface area contributed by atoms with Crippen LogP contribution in [0.1, 0.15) is 23.2 Å². The summed E-state index contributed by atoms with van der Waals surface area (Å²) < 4.78 is 0. The SMILES string of the molecule is Nc1c(Cl)cccc1C(=O)N(CCO)C1CC1. The van der Waals surface area contributed by atoms with Crippen LogP contribution in [0.15, 0.2) is 18.2 Å². The van der Waals surface area contributed by atoms with Crippen molar-refractivity contribution in [3.05, 3.63) is 28.8 Å². The zero-order valence-electron chi connectivity index (χ0n) is 9.40. The van der Waals surface area contributed by atoms with Crippen LogP contribution in [-0.2, 0) is 0 Å². The molecule has 0 saturated heterocycles. The first kappa shape index (κ1) is 12.2. The fourth-order valence-electron chi connectivity index (χ4n) is 1.82. The van der Waals surface area contributed by atoms with Crippen molar-refractivity contribution in [1.82, 2.24) is 4.90 Å². The quantitative estimate of drug-likeness (QED) is 0.801. The zero-order chi connectivity index (χ0) is 12.4. The highest BCUT2D eigenvalue weighted by Gasteiger charge is 2.33. The number of rotatable bonds is 4. The number of benzene rings is 1. The van der Waals surface area contributed by atoms with Crippen molar-refractivity contribution >= 4 is 23.2 Å². The van der Waals surface area contributed by atoms with Gasteiger partial charge in [-0.05, 0) is 25.0 Å². The largest absolute Gasteiger partial charge is 0.397 e. The van der Waals surface area contributed by atoms with Gasteiger partial charge in [-0.3, -0.25) is 4.79 Å². The van der Waals surface area contributed by atoms with Gasteiger partial charge in [0, 0.05) is 12.6 Å². The maximum absolute atomic E-state index is 12.3. The number of aliphatic hydroxyl groups is 1. The molecular weight excluding hydrogens is 240 g/mol. The average Bonchev–Trinajstić information content (AvgIpc) is 3.13. The summed E-state index contributed by atoms with van der Waals surface area (Å²) >= 11 is 5.89. The van der Waals surface area contributed by atoms with E-state index >= 15 is 0 Å². The summed E-state index contributed by atoms with van der Waals surface area (Å²) in [6, 6.07) is 5.26. The molecule has 1 aromatic rings. The topological polar surface area (TPSA) is 66.6 Å². The molecule has 2 rings (SSSR count). The van der Waals surface area contributed by atoms with Gasteiger partial charge in [0.25, 0.3) is 5.91 Å². The number of anilines is 1. The fraction of sp³-hybridized carbons (Fsp3) is 0.417. The standard InChI is InChI=1S/C12H15ClN2O2/c13-10-3-1-2-9(11(10)14)12(17)15(6-7-16)8-4-5-8/h1-3,8,16H,4-7,14H2. The first-order valence-corrected chi connectivity index (χ1v) is 5.98. The first-order chi connectivity index (χ1) is 8.15. The van der Waals surface area contributed by atoms with E-state index in [1.54, 1.807) is 23.1 Å². The summed E-state index contributed by atoms with van der Waals surface area (Å²) in [6.07, 6.45) is 1.98. The summed E-state index contributed by atoms with van der Waals surface area (Å²) in [5.74, 6) is -0.151. The molecule has 0 aromatic heterocycles. The Morgan fingerprint density at radius 1 is 1.53 bits per heavy atom. The maximum atomic E-state index is 12.3. The van der Waals surface area contributed by atoms with Crippen molar-refractivity contribution in [1.29, 1.82) is 0 Å². The van der Waals surface area contributed by atoms with Crippen molar-refractivity contribution in [3.8, 4) is 0 Å². The summed E-state index contributed by atoms with van der Waals surface area (Å²) in [7, 11) is 0. The third-order valence-corrected chi connectivity index (χ3v) is 3.20. The van der Waals surface area contributed by atoms with Gasteiger partial charge in [-0.1, -0.05) is 17.7 Å². The Bertz CT molecular complexity index is 433. The number of nitrogens with two attached hydrogens (primary N) is 1. The number of halogens is 1. The molecule has 0 radical (unpaired) electrons. The highest BCUT2D eigenvalue weighted by Crippen LogP contribution is 2.30. The van der Waals surface area contributed by atoms with Crippen molar-refractivity contribution < 1.29 is 9.90 Å². The van der Waals surface area contributed by atoms with E-state index in [0.29, 0.717) is 22.8 Å². The smallest absolute Gasteiger partial charge is 0.256 e. The van der Waals surface area contributed by atoms with Crippen LogP contribution in [0.3, 0.4) is 0 Å². The van der Waals surface area contributed by atoms with Gasteiger partial charge in [-0.25, -0.2) is 0 Å². The monoisotopic (exact) mass is 254 g/mol. The minimum Gasteiger partial charge on any atom is -0.397 e. The van der Waals surface area contributed by atoms with Gasteiger partial charge in [0.05, 0.1) is 22.9 Å². The van der Waals surface area contributed by atoms with Crippen LogP contribution in [0, 0.1) is 0 Å². The van der Waals surface area contributed by atoms with Crippen LogP contribution < -0.4 is 5.73 Å². The van der Waals surface area contributed by atoms with Crippen LogP contribution in [0.25, 0.3) is 0 Å². The highest BCUT2D eigenvalue weighted by molar-refractivity contribution is 6.33. The molecule has 4 nitrogen and oxygen atoms in total. The van der Waals surface area contributed by atoms with Gasteiger partial charge >= 0.3 is 0 Å². The van der Waals surface area contributed by atoms with Crippen LogP contribution in [0.5, 0.6) is 0 Å². The summed E-state index contributed by atoms with van der Waals surface area (Å²) in [5.41, 5.74) is 6.52. The molecule has 17 heavy (non-hydrogen) atoms. The predicted octanol–water partition coefficient (Wildman–Crippen LogP) is 1.52. The van der Waals surface area contributed by atoms with Gasteiger partial charge < -0.3 is 15.7 Å². The Balaban J connectivity index is 2.25. The van der Waals surface area contributed by atoms with Crippen molar-refractivity contribution in [2.45, 2.75) is 18.9 Å². The van der Waals surface area contributed by atoms with E-state index in [1.807, 2.05) is 0 Å². The van der Waals surface area contributed by atoms with E-state index in [1.165, 1.54) is 0 Å². The third-order valence-electron chi connectivity index (χ3n) is 2.87. The van der Waals surface area contributed by atoms with E-state index < -0.39 is 0 Å². The van der Waals surface area contributed by atoms with Gasteiger partial charge in [-0.2, -0.15) is 0 Å². The highest BCUT2D eigenvalue weighted by atomic mass is 35.5. The lowest BCUT2D eigenvalue weighted by molar-refractivity contribution is 0.0708. The number of aliphatic hydroxyl groups excluding tert-OH is 1. The summed E-state index contributed by atoms with van der Waals surface area (Å²) in [5, 5.41) is 9.37. The summed E-state index contributed by atoms with van der Waals surface area (Å²) in [6.45, 7) is 0.304. The number of amides is 1. The third kappa shape index (κ3) is 2.53. The van der Waals surface area contributed by atoms with Crippen molar-refractivity contribution in [3.63, 3.8) is 0 Å². The maximum Gasteiger partial charge on any atom is 0.256 e. The molecule has 1 aliphatic rings. The molecule has 92 valence electrons. The van der Waals surface area contributed by atoms with Crippen LogP contribution >= 0.6 is 11.6 Å². The van der Waals surface area contributed by atoms with Gasteiger partial charge in [0.15, 0.2) is 0 Å². The molecule has 5 heteroatoms. The molecule has 1 saturated carbocycles. The van der Waals surface area contributed by atoms with E-state index in [2.05, 4.69) is 0 Å². The number of carbonyl (C=O) groups is 1. The van der Waals surface area contributed by atoms with E-state index in [-0.39, 0.29) is 18.6 Å². The molecule has 0 heterocycles. The first-order valence-electron chi connectivity index (χ1n) is 5.61. The van der Waals surface area contributed by atoms with Crippen molar-refractivity contribution in [2.75, 3.05) is 18.9 Å². The Kier molecular flexibility index (Phi) is 3.54. The Labute approximate surface area is 105 Å². The lowest BCUT2D eigenvalue weighted by Crippen LogP contribution is -2.35. The van der Waals surface area contributed by atoms with E-state index in [0.717, 1.165) is 12.8 Å². The predicted molar refractivity (Wildman–Crippen MR) is 67.0 cm³/mol. The molecule has 1 aliphatic carbocycles. The second-order valence-electron chi connectivity index (χ2n) is 4.15. The molecule has 3 N–H and O–H groups in total. The van der Waals surface area contributed by atoms with Gasteiger partial charge in [0.1, 0.15) is 0 Å². The molecule has 0 aliphatic heterocycles. The number of nitrogens with zero attached hydrogens (tertiary/aromatic N) is 1. The van der Waals surface area contributed by atoms with Crippen LogP contribution in [-0.4, -0.2) is 35.1 Å². The van der Waals surface area contributed by atoms with E-state index in [4.69, 9.17) is 22.4 Å². The Morgan fingerprint density at radius 2 is 2.24 bits per heavy atom. The summed E-state index contributed by atoms with van der Waals surface area (Å²) in [4.78, 5) is 13.9. The Morgan fingerprint density at radius 3 is 2.82 bits per heavy atom. The second-order valence-corrected chi connectivity index (χ2v) is 4.56. The number of carbonyl (C=O) groups excluding carboxylic acids is 1. The van der Waals surface area contributed by atoms with Crippen LogP contribution in [0.4, 0.5) is 5.69 Å². The lowest BCUT2D eigenvalue weighted by atomic mass is 10.1. The fourth-order valence-corrected chi connectivity index (χ4v) is 2.00. The minimum absolute atomic E-state index is 0.0390. The molecule has 1 amide bonds. The second kappa shape index (κ2) is 4.94. The van der Waals surface area contributed by atoms with Gasteiger partial charge in [-0.15, -0.1) is 0 Å². The molecule has 0 atom stereocenters. The van der Waals surface area contributed by atoms with E-state index in [9.17, 15) is 4.79 Å². The molecule has 1 fully saturated rings. The molecular formula is C12H15ClN2O2. The number of nitrogen functional groups attached to an aromatic ring is 1. The molecule has 0 spiro atoms. The lowest BCUT2D eigenvalue weighted by Gasteiger charge is -2.22. The Hall–Kier alpha value is -1.26. The number of para-hydroxylation sites is 1. The zero-order valence-corrected chi connectivity index (χ0v) is 10.2. The normalized spacial score (nSPS) is 14.7. The van der Waals surface area contributed by atoms with Crippen molar-refractivity contribution in [2.24, 2.45) is 0 Å². The van der Waals surface area contributed by atoms with Crippen LogP contribution in [0.2, 0.25) is 5.02 Å². The average molecular weight is 255 g/mol. The molecule has 0 unspecified atom stereocenters. The number of hydrogen-bond donors (Lipinski definition) is 2. The molecule has 0 bridgehead atoms. The number of hydrogen-bond acceptors (Lipinski definition) is 3. The van der Waals surface area contributed by atoms with Gasteiger partial charge in [0.2, 0.25) is 0 Å². The molecule has 1 aromatic carbocycles. The minimum atomic E-state index is -0.151.